The number of carbonyl (C=O) groups excluding carboxylic acids is 3. The van der Waals surface area contributed by atoms with Crippen molar-refractivity contribution in [1.29, 1.82) is 5.26 Å². The van der Waals surface area contributed by atoms with Crippen LogP contribution in [0, 0.1) is 17.2 Å². The van der Waals surface area contributed by atoms with Crippen LogP contribution in [0.15, 0.2) is 18.2 Å². The molecule has 0 spiro atoms. The van der Waals surface area contributed by atoms with Gasteiger partial charge in [0.25, 0.3) is 0 Å². The topological polar surface area (TPSA) is 75.0 Å². The Morgan fingerprint density at radius 1 is 1.26 bits per heavy atom. The molecule has 0 unspecified atom stereocenters. The summed E-state index contributed by atoms with van der Waals surface area (Å²) >= 11 is 5.92. The van der Waals surface area contributed by atoms with E-state index in [1.807, 2.05) is 6.07 Å². The second-order valence-electron chi connectivity index (χ2n) is 4.39. The minimum absolute atomic E-state index is 0.0928. The summed E-state index contributed by atoms with van der Waals surface area (Å²) in [5.74, 6) is -2.48. The van der Waals surface area contributed by atoms with E-state index in [1.54, 1.807) is 0 Å². The highest BCUT2D eigenvalue weighted by molar-refractivity contribution is 6.36. The summed E-state index contributed by atoms with van der Waals surface area (Å²) in [6.07, 6.45) is 0.995. The van der Waals surface area contributed by atoms with Crippen LogP contribution in [-0.4, -0.2) is 17.3 Å². The number of hydrogen-bond acceptors (Lipinski definition) is 4. The molecular weight excluding hydrogens is 266 g/mol. The number of nitriles is 1. The Kier molecular flexibility index (Phi) is 3.77. The van der Waals surface area contributed by atoms with Crippen molar-refractivity contribution in [2.75, 3.05) is 0 Å². The molecule has 4 nitrogen and oxygen atoms in total. The molecule has 1 aliphatic rings. The highest BCUT2D eigenvalue weighted by atomic mass is 35.5. The summed E-state index contributed by atoms with van der Waals surface area (Å²) in [7, 11) is 0. The number of carbonyl (C=O) groups is 3. The first-order chi connectivity index (χ1) is 9.04. The zero-order valence-electron chi connectivity index (χ0n) is 9.98. The Hall–Kier alpha value is -1.99. The minimum Gasteiger partial charge on any atom is -0.298 e. The van der Waals surface area contributed by atoms with Crippen LogP contribution in [0.4, 0.5) is 0 Å². The third kappa shape index (κ3) is 2.56. The van der Waals surface area contributed by atoms with Crippen molar-refractivity contribution in [3.8, 4) is 6.07 Å². The summed E-state index contributed by atoms with van der Waals surface area (Å²) in [5, 5.41) is 8.82. The monoisotopic (exact) mass is 275 g/mol. The average molecular weight is 276 g/mol. The van der Waals surface area contributed by atoms with E-state index in [0.29, 0.717) is 12.0 Å². The third-order valence-electron chi connectivity index (χ3n) is 3.12. The van der Waals surface area contributed by atoms with Crippen LogP contribution in [0.3, 0.4) is 0 Å². The van der Waals surface area contributed by atoms with Gasteiger partial charge in [0.2, 0.25) is 0 Å². The number of hydrogen-bond donors (Lipinski definition) is 0. The summed E-state index contributed by atoms with van der Waals surface area (Å²) in [6, 6.07) is 6.08. The van der Waals surface area contributed by atoms with E-state index >= 15 is 0 Å². The van der Waals surface area contributed by atoms with Gasteiger partial charge in [-0.1, -0.05) is 11.6 Å². The molecule has 0 bridgehead atoms. The molecule has 1 aliphatic carbocycles. The first kappa shape index (κ1) is 13.4. The highest BCUT2D eigenvalue weighted by Crippen LogP contribution is 2.26. The van der Waals surface area contributed by atoms with E-state index in [4.69, 9.17) is 16.9 Å². The Morgan fingerprint density at radius 2 is 1.89 bits per heavy atom. The Bertz CT molecular complexity index is 600. The molecule has 1 aromatic carbocycles. The number of halogens is 1. The van der Waals surface area contributed by atoms with Gasteiger partial charge in [-0.3, -0.25) is 14.4 Å². The molecule has 0 heterocycles. The van der Waals surface area contributed by atoms with E-state index in [9.17, 15) is 14.4 Å². The van der Waals surface area contributed by atoms with Gasteiger partial charge in [-0.05, 0) is 24.6 Å². The van der Waals surface area contributed by atoms with Crippen LogP contribution in [-0.2, 0) is 9.59 Å². The fourth-order valence-electron chi connectivity index (χ4n) is 2.14. The second kappa shape index (κ2) is 5.33. The quantitative estimate of drug-likeness (QED) is 0.613. The van der Waals surface area contributed by atoms with Crippen molar-refractivity contribution in [3.05, 3.63) is 34.3 Å². The average Bonchev–Trinajstić information content (AvgIpc) is 2.38. The maximum atomic E-state index is 12.2. The molecule has 0 radical (unpaired) electrons. The van der Waals surface area contributed by atoms with Crippen molar-refractivity contribution in [3.63, 3.8) is 0 Å². The SMILES string of the molecule is N#Cc1ccc(C(=O)C2C(=O)CCCC2=O)c(Cl)c1. The number of ketones is 3. The van der Waals surface area contributed by atoms with Crippen LogP contribution < -0.4 is 0 Å². The number of Topliss-reactive ketones (excluding diaryl/α,β-unsaturated/α-hetero) is 3. The molecule has 2 rings (SSSR count). The second-order valence-corrected chi connectivity index (χ2v) is 4.80. The smallest absolute Gasteiger partial charge is 0.182 e. The lowest BCUT2D eigenvalue weighted by Gasteiger charge is -2.18. The van der Waals surface area contributed by atoms with Gasteiger partial charge < -0.3 is 0 Å². The van der Waals surface area contributed by atoms with Crippen molar-refractivity contribution in [1.82, 2.24) is 0 Å². The summed E-state index contributed by atoms with van der Waals surface area (Å²) in [4.78, 5) is 35.7. The minimum atomic E-state index is -1.22. The van der Waals surface area contributed by atoms with E-state index in [1.165, 1.54) is 18.2 Å². The van der Waals surface area contributed by atoms with Gasteiger partial charge in [-0.2, -0.15) is 5.26 Å². The van der Waals surface area contributed by atoms with Crippen LogP contribution in [0.25, 0.3) is 0 Å². The zero-order valence-corrected chi connectivity index (χ0v) is 10.7. The molecule has 1 aromatic rings. The molecule has 96 valence electrons. The van der Waals surface area contributed by atoms with Gasteiger partial charge in [0.15, 0.2) is 17.3 Å². The van der Waals surface area contributed by atoms with Crippen molar-refractivity contribution in [2.45, 2.75) is 19.3 Å². The van der Waals surface area contributed by atoms with Crippen molar-refractivity contribution >= 4 is 29.0 Å². The summed E-state index contributed by atoms with van der Waals surface area (Å²) in [6.45, 7) is 0. The van der Waals surface area contributed by atoms with E-state index in [2.05, 4.69) is 0 Å². The van der Waals surface area contributed by atoms with E-state index in [-0.39, 0.29) is 35.0 Å². The molecule has 1 fully saturated rings. The van der Waals surface area contributed by atoms with Crippen LogP contribution in [0.2, 0.25) is 5.02 Å². The largest absolute Gasteiger partial charge is 0.298 e. The van der Waals surface area contributed by atoms with Crippen LogP contribution in [0.1, 0.15) is 35.2 Å². The number of rotatable bonds is 2. The lowest BCUT2D eigenvalue weighted by atomic mass is 9.81. The Labute approximate surface area is 115 Å². The molecular formula is C14H10ClNO3. The molecule has 0 aliphatic heterocycles. The molecule has 19 heavy (non-hydrogen) atoms. The zero-order chi connectivity index (χ0) is 14.0. The summed E-state index contributed by atoms with van der Waals surface area (Å²) < 4.78 is 0. The molecule has 0 amide bonds. The fourth-order valence-corrected chi connectivity index (χ4v) is 2.41. The lowest BCUT2D eigenvalue weighted by Crippen LogP contribution is -2.35. The molecule has 0 N–H and O–H groups in total. The van der Waals surface area contributed by atoms with Gasteiger partial charge in [-0.25, -0.2) is 0 Å². The molecule has 0 saturated heterocycles. The third-order valence-corrected chi connectivity index (χ3v) is 3.43. The predicted octanol–water partition coefficient (Wildman–Crippen LogP) is 2.33. The fraction of sp³-hybridized carbons (Fsp3) is 0.286. The van der Waals surface area contributed by atoms with Crippen molar-refractivity contribution in [2.24, 2.45) is 5.92 Å². The maximum absolute atomic E-state index is 12.2. The normalized spacial score (nSPS) is 16.2. The highest BCUT2D eigenvalue weighted by Gasteiger charge is 2.37. The van der Waals surface area contributed by atoms with Gasteiger partial charge in [0.05, 0.1) is 16.7 Å². The Morgan fingerprint density at radius 3 is 2.42 bits per heavy atom. The molecule has 0 aromatic heterocycles. The van der Waals surface area contributed by atoms with Crippen LogP contribution in [0.5, 0.6) is 0 Å². The molecule has 5 heteroatoms. The van der Waals surface area contributed by atoms with E-state index < -0.39 is 11.7 Å². The maximum Gasteiger partial charge on any atom is 0.182 e. The lowest BCUT2D eigenvalue weighted by molar-refractivity contribution is -0.133. The van der Waals surface area contributed by atoms with Gasteiger partial charge in [0, 0.05) is 18.4 Å². The van der Waals surface area contributed by atoms with E-state index in [0.717, 1.165) is 0 Å². The van der Waals surface area contributed by atoms with Gasteiger partial charge in [-0.15, -0.1) is 0 Å². The molecule has 0 atom stereocenters. The Balaban J connectivity index is 2.36. The van der Waals surface area contributed by atoms with Crippen LogP contribution >= 0.6 is 11.6 Å². The predicted molar refractivity (Wildman–Crippen MR) is 67.9 cm³/mol. The number of nitrogens with zero attached hydrogens (tertiary/aromatic N) is 1. The first-order valence-electron chi connectivity index (χ1n) is 5.84. The first-order valence-corrected chi connectivity index (χ1v) is 6.21. The number of benzene rings is 1. The standard InChI is InChI=1S/C14H10ClNO3/c15-10-6-8(7-16)4-5-9(10)14(19)13-11(17)2-1-3-12(13)18/h4-6,13H,1-3H2. The summed E-state index contributed by atoms with van der Waals surface area (Å²) in [5.41, 5.74) is 0.442. The van der Waals surface area contributed by atoms with Crippen molar-refractivity contribution < 1.29 is 14.4 Å². The van der Waals surface area contributed by atoms with Gasteiger partial charge in [0.1, 0.15) is 5.92 Å². The van der Waals surface area contributed by atoms with Gasteiger partial charge >= 0.3 is 0 Å². The molecule has 1 saturated carbocycles.